The van der Waals surface area contributed by atoms with Gasteiger partial charge in [0.2, 0.25) is 0 Å². The quantitative estimate of drug-likeness (QED) is 0.596. The van der Waals surface area contributed by atoms with Crippen LogP contribution in [0.15, 0.2) is 30.3 Å². The van der Waals surface area contributed by atoms with Crippen LogP contribution in [0.5, 0.6) is 5.75 Å². The molecule has 1 aliphatic rings. The molecule has 1 saturated heterocycles. The molecule has 0 radical (unpaired) electrons. The van der Waals surface area contributed by atoms with Crippen molar-refractivity contribution in [1.82, 2.24) is 5.43 Å². The van der Waals surface area contributed by atoms with Crippen molar-refractivity contribution < 1.29 is 9.47 Å². The van der Waals surface area contributed by atoms with Crippen molar-refractivity contribution in [3.05, 3.63) is 30.3 Å². The van der Waals surface area contributed by atoms with Gasteiger partial charge >= 0.3 is 0 Å². The maximum absolute atomic E-state index is 5.69. The molecule has 1 fully saturated rings. The molecule has 2 atom stereocenters. The number of nitrogens with two attached hydrogens (primary N) is 1. The van der Waals surface area contributed by atoms with Gasteiger partial charge in [-0.3, -0.25) is 11.3 Å². The first-order valence-electron chi connectivity index (χ1n) is 6.62. The Morgan fingerprint density at radius 2 is 2.22 bits per heavy atom. The van der Waals surface area contributed by atoms with Crippen LogP contribution in [0.1, 0.15) is 19.3 Å². The van der Waals surface area contributed by atoms with Crippen LogP contribution in [-0.4, -0.2) is 25.9 Å². The molecule has 4 nitrogen and oxygen atoms in total. The molecule has 1 aromatic rings. The van der Waals surface area contributed by atoms with Crippen molar-refractivity contribution in [2.75, 3.05) is 19.8 Å². The predicted octanol–water partition coefficient (Wildman–Crippen LogP) is 1.71. The van der Waals surface area contributed by atoms with Crippen LogP contribution in [0.3, 0.4) is 0 Å². The first-order valence-corrected chi connectivity index (χ1v) is 6.62. The molecular weight excluding hydrogens is 228 g/mol. The summed E-state index contributed by atoms with van der Waals surface area (Å²) in [7, 11) is 0. The number of benzene rings is 1. The number of hydrogen-bond acceptors (Lipinski definition) is 4. The number of rotatable bonds is 6. The van der Waals surface area contributed by atoms with E-state index >= 15 is 0 Å². The minimum atomic E-state index is 0.272. The molecule has 1 aliphatic heterocycles. The zero-order valence-electron chi connectivity index (χ0n) is 10.7. The first kappa shape index (κ1) is 13.3. The molecule has 2 unspecified atom stereocenters. The largest absolute Gasteiger partial charge is 0.494 e. The fourth-order valence-electron chi connectivity index (χ4n) is 2.36. The standard InChI is InChI=1S/C14H22N2O2/c15-16-14(12-5-4-9-17-11-12)8-10-18-13-6-2-1-3-7-13/h1-3,6-7,12,14,16H,4-5,8-11,15H2. The third-order valence-electron chi connectivity index (χ3n) is 3.42. The second kappa shape index (κ2) is 7.36. The third kappa shape index (κ3) is 3.98. The van der Waals surface area contributed by atoms with Crippen molar-refractivity contribution in [3.63, 3.8) is 0 Å². The van der Waals surface area contributed by atoms with E-state index in [1.807, 2.05) is 30.3 Å². The molecule has 3 N–H and O–H groups in total. The summed E-state index contributed by atoms with van der Waals surface area (Å²) < 4.78 is 11.2. The second-order valence-corrected chi connectivity index (χ2v) is 4.70. The third-order valence-corrected chi connectivity index (χ3v) is 3.42. The van der Waals surface area contributed by atoms with Gasteiger partial charge in [0.1, 0.15) is 5.75 Å². The van der Waals surface area contributed by atoms with Gasteiger partial charge in [-0.15, -0.1) is 0 Å². The average molecular weight is 250 g/mol. The highest BCUT2D eigenvalue weighted by atomic mass is 16.5. The van der Waals surface area contributed by atoms with Gasteiger partial charge in [-0.1, -0.05) is 18.2 Å². The second-order valence-electron chi connectivity index (χ2n) is 4.70. The monoisotopic (exact) mass is 250 g/mol. The van der Waals surface area contributed by atoms with E-state index in [0.717, 1.165) is 31.8 Å². The topological polar surface area (TPSA) is 56.5 Å². The summed E-state index contributed by atoms with van der Waals surface area (Å²) in [6, 6.07) is 10.1. The Bertz CT molecular complexity index is 326. The summed E-state index contributed by atoms with van der Waals surface area (Å²) >= 11 is 0. The fourth-order valence-corrected chi connectivity index (χ4v) is 2.36. The molecule has 100 valence electrons. The number of hydrogen-bond donors (Lipinski definition) is 2. The smallest absolute Gasteiger partial charge is 0.119 e. The van der Waals surface area contributed by atoms with Crippen molar-refractivity contribution in [2.24, 2.45) is 11.8 Å². The fraction of sp³-hybridized carbons (Fsp3) is 0.571. The number of para-hydroxylation sites is 1. The zero-order valence-corrected chi connectivity index (χ0v) is 10.7. The lowest BCUT2D eigenvalue weighted by Crippen LogP contribution is -2.44. The predicted molar refractivity (Wildman–Crippen MR) is 71.2 cm³/mol. The Balaban J connectivity index is 1.73. The van der Waals surface area contributed by atoms with E-state index in [9.17, 15) is 0 Å². The molecule has 1 aromatic carbocycles. The molecule has 0 aliphatic carbocycles. The lowest BCUT2D eigenvalue weighted by Gasteiger charge is -2.29. The summed E-state index contributed by atoms with van der Waals surface area (Å²) in [6.45, 7) is 2.36. The molecule has 1 heterocycles. The Hall–Kier alpha value is -1.10. The van der Waals surface area contributed by atoms with Gasteiger partial charge in [0, 0.05) is 12.6 Å². The van der Waals surface area contributed by atoms with Crippen LogP contribution in [-0.2, 0) is 4.74 Å². The summed E-state index contributed by atoms with van der Waals surface area (Å²) in [5.41, 5.74) is 2.90. The Morgan fingerprint density at radius 3 is 2.89 bits per heavy atom. The lowest BCUT2D eigenvalue weighted by molar-refractivity contribution is 0.0357. The van der Waals surface area contributed by atoms with Crippen molar-refractivity contribution in [2.45, 2.75) is 25.3 Å². The molecule has 18 heavy (non-hydrogen) atoms. The van der Waals surface area contributed by atoms with Gasteiger partial charge in [0.25, 0.3) is 0 Å². The molecule has 4 heteroatoms. The Kier molecular flexibility index (Phi) is 5.45. The van der Waals surface area contributed by atoms with E-state index in [1.54, 1.807) is 0 Å². The van der Waals surface area contributed by atoms with Gasteiger partial charge in [-0.2, -0.15) is 0 Å². The van der Waals surface area contributed by atoms with E-state index < -0.39 is 0 Å². The highest BCUT2D eigenvalue weighted by molar-refractivity contribution is 5.20. The van der Waals surface area contributed by atoms with Crippen LogP contribution >= 0.6 is 0 Å². The minimum Gasteiger partial charge on any atom is -0.494 e. The molecule has 0 saturated carbocycles. The normalized spacial score (nSPS) is 21.5. The van der Waals surface area contributed by atoms with Crippen LogP contribution in [0, 0.1) is 5.92 Å². The molecule has 0 amide bonds. The van der Waals surface area contributed by atoms with Gasteiger partial charge in [-0.25, -0.2) is 0 Å². The SMILES string of the molecule is NNC(CCOc1ccccc1)C1CCCOC1. The van der Waals surface area contributed by atoms with E-state index in [1.165, 1.54) is 6.42 Å². The van der Waals surface area contributed by atoms with Crippen LogP contribution < -0.4 is 16.0 Å². The molecule has 0 bridgehead atoms. The van der Waals surface area contributed by atoms with E-state index in [4.69, 9.17) is 15.3 Å². The van der Waals surface area contributed by atoms with E-state index in [-0.39, 0.29) is 6.04 Å². The van der Waals surface area contributed by atoms with Crippen LogP contribution in [0.4, 0.5) is 0 Å². The van der Waals surface area contributed by atoms with Gasteiger partial charge in [0.15, 0.2) is 0 Å². The van der Waals surface area contributed by atoms with Crippen molar-refractivity contribution in [1.29, 1.82) is 0 Å². The molecule has 2 rings (SSSR count). The Labute approximate surface area is 108 Å². The maximum atomic E-state index is 5.69. The van der Waals surface area contributed by atoms with Crippen LogP contribution in [0.2, 0.25) is 0 Å². The van der Waals surface area contributed by atoms with Gasteiger partial charge < -0.3 is 9.47 Å². The summed E-state index contributed by atoms with van der Waals surface area (Å²) in [6.07, 6.45) is 3.21. The van der Waals surface area contributed by atoms with E-state index in [0.29, 0.717) is 12.5 Å². The molecular formula is C14H22N2O2. The molecule has 0 aromatic heterocycles. The lowest BCUT2D eigenvalue weighted by atomic mass is 9.92. The van der Waals surface area contributed by atoms with Gasteiger partial charge in [0.05, 0.1) is 13.2 Å². The van der Waals surface area contributed by atoms with Crippen molar-refractivity contribution >= 4 is 0 Å². The van der Waals surface area contributed by atoms with Crippen LogP contribution in [0.25, 0.3) is 0 Å². The summed E-state index contributed by atoms with van der Waals surface area (Å²) in [5.74, 6) is 7.04. The Morgan fingerprint density at radius 1 is 1.39 bits per heavy atom. The first-order chi connectivity index (χ1) is 8.90. The van der Waals surface area contributed by atoms with Crippen molar-refractivity contribution in [3.8, 4) is 5.75 Å². The summed E-state index contributed by atoms with van der Waals surface area (Å²) in [4.78, 5) is 0. The van der Waals surface area contributed by atoms with Gasteiger partial charge in [-0.05, 0) is 37.3 Å². The number of hydrazine groups is 1. The zero-order chi connectivity index (χ0) is 12.6. The number of ether oxygens (including phenoxy) is 2. The molecule has 0 spiro atoms. The average Bonchev–Trinajstić information content (AvgIpc) is 2.46. The number of nitrogens with one attached hydrogen (secondary N) is 1. The highest BCUT2D eigenvalue weighted by Crippen LogP contribution is 2.19. The highest BCUT2D eigenvalue weighted by Gasteiger charge is 2.23. The van der Waals surface area contributed by atoms with E-state index in [2.05, 4.69) is 5.43 Å². The summed E-state index contributed by atoms with van der Waals surface area (Å²) in [5, 5.41) is 0. The maximum Gasteiger partial charge on any atom is 0.119 e. The minimum absolute atomic E-state index is 0.272.